The van der Waals surface area contributed by atoms with Crippen LogP contribution >= 0.6 is 0 Å². The van der Waals surface area contributed by atoms with E-state index >= 15 is 0 Å². The largest absolute Gasteiger partial charge is 0.348 e. The molecule has 0 aromatic carbocycles. The van der Waals surface area contributed by atoms with Crippen LogP contribution in [0.1, 0.15) is 57.4 Å². The third-order valence-corrected chi connectivity index (χ3v) is 3.82. The van der Waals surface area contributed by atoms with E-state index in [1.807, 2.05) is 4.98 Å². The van der Waals surface area contributed by atoms with Gasteiger partial charge in [-0.25, -0.2) is 9.89 Å². The molecule has 3 N–H and O–H groups in total. The molecule has 1 aromatic rings. The van der Waals surface area contributed by atoms with Crippen LogP contribution in [0.2, 0.25) is 0 Å². The first kappa shape index (κ1) is 15.5. The summed E-state index contributed by atoms with van der Waals surface area (Å²) in [6.45, 7) is 8.71. The lowest BCUT2D eigenvalue weighted by Gasteiger charge is -2.45. The minimum atomic E-state index is -0.773. The minimum Gasteiger partial charge on any atom is -0.348 e. The van der Waals surface area contributed by atoms with Gasteiger partial charge in [-0.05, 0) is 30.1 Å². The quantitative estimate of drug-likeness (QED) is 0.749. The maximum atomic E-state index is 12.2. The Hall–Kier alpha value is -1.92. The first-order valence-electron chi connectivity index (χ1n) is 7.08. The molecule has 7 heteroatoms. The van der Waals surface area contributed by atoms with Crippen LogP contribution in [0.3, 0.4) is 0 Å². The van der Waals surface area contributed by atoms with Crippen molar-refractivity contribution in [2.45, 2.75) is 53.0 Å². The van der Waals surface area contributed by atoms with E-state index in [4.69, 9.17) is 0 Å². The molecule has 0 aliphatic heterocycles. The van der Waals surface area contributed by atoms with Crippen molar-refractivity contribution in [1.29, 1.82) is 0 Å². The number of aromatic nitrogens is 3. The molecule has 1 heterocycles. The number of rotatable bonds is 2. The monoisotopic (exact) mass is 294 g/mol. The lowest BCUT2D eigenvalue weighted by atomic mass is 9.63. The van der Waals surface area contributed by atoms with Crippen LogP contribution in [-0.2, 0) is 0 Å². The van der Waals surface area contributed by atoms with Crippen LogP contribution in [0.15, 0.2) is 9.59 Å². The minimum absolute atomic E-state index is 0.00984. The average molecular weight is 294 g/mol. The van der Waals surface area contributed by atoms with E-state index in [-0.39, 0.29) is 22.6 Å². The van der Waals surface area contributed by atoms with Crippen LogP contribution in [0.4, 0.5) is 0 Å². The van der Waals surface area contributed by atoms with E-state index < -0.39 is 17.2 Å². The predicted octanol–water partition coefficient (Wildman–Crippen LogP) is 0.793. The number of H-pyrrole nitrogens is 2. The molecule has 1 aromatic heterocycles. The lowest BCUT2D eigenvalue weighted by molar-refractivity contribution is 0.0708. The molecule has 116 valence electrons. The van der Waals surface area contributed by atoms with Crippen molar-refractivity contribution in [3.63, 3.8) is 0 Å². The van der Waals surface area contributed by atoms with Crippen molar-refractivity contribution < 1.29 is 4.79 Å². The van der Waals surface area contributed by atoms with Gasteiger partial charge in [0.25, 0.3) is 11.5 Å². The second-order valence-corrected chi connectivity index (χ2v) is 7.44. The van der Waals surface area contributed by atoms with E-state index in [9.17, 15) is 14.4 Å². The molecule has 1 amide bonds. The maximum absolute atomic E-state index is 12.2. The van der Waals surface area contributed by atoms with E-state index in [0.29, 0.717) is 0 Å². The normalized spacial score (nSPS) is 21.0. The van der Waals surface area contributed by atoms with E-state index in [0.717, 1.165) is 19.3 Å². The predicted molar refractivity (Wildman–Crippen MR) is 78.1 cm³/mol. The lowest BCUT2D eigenvalue weighted by Crippen LogP contribution is -2.47. The maximum Gasteiger partial charge on any atom is 0.342 e. The van der Waals surface area contributed by atoms with Gasteiger partial charge >= 0.3 is 5.69 Å². The molecule has 0 unspecified atom stereocenters. The zero-order valence-corrected chi connectivity index (χ0v) is 12.9. The number of carbonyl (C=O) groups excluding carboxylic acids is 1. The van der Waals surface area contributed by atoms with E-state index in [1.54, 1.807) is 0 Å². The van der Waals surface area contributed by atoms with Gasteiger partial charge in [-0.15, -0.1) is 0 Å². The summed E-state index contributed by atoms with van der Waals surface area (Å²) in [5, 5.41) is 8.46. The van der Waals surface area contributed by atoms with E-state index in [2.05, 4.69) is 43.2 Å². The molecular formula is C14H22N4O3. The average Bonchev–Trinajstić information content (AvgIpc) is 2.23. The molecule has 1 fully saturated rings. The number of nitrogens with one attached hydrogen (secondary N) is 3. The van der Waals surface area contributed by atoms with Crippen molar-refractivity contribution in [2.24, 2.45) is 10.8 Å². The molecule has 7 nitrogen and oxygen atoms in total. The second-order valence-electron chi connectivity index (χ2n) is 7.44. The molecule has 0 spiro atoms. The first-order chi connectivity index (χ1) is 9.58. The Bertz CT molecular complexity index is 641. The standard InChI is InChI=1S/C14H22N4O3/c1-13(2)5-8(6-14(3,4)7-13)15-10(19)9-11(20)16-12(21)18-17-9/h8H,5-7H2,1-4H3,(H,15,19)(H2,16,18,20,21). The van der Waals surface area contributed by atoms with Crippen molar-refractivity contribution in [2.75, 3.05) is 0 Å². The number of aromatic amines is 2. The van der Waals surface area contributed by atoms with Gasteiger partial charge in [0, 0.05) is 6.04 Å². The fourth-order valence-corrected chi connectivity index (χ4v) is 3.70. The van der Waals surface area contributed by atoms with E-state index in [1.165, 1.54) is 0 Å². The summed E-state index contributed by atoms with van der Waals surface area (Å²) >= 11 is 0. The Labute approximate surface area is 122 Å². The number of amides is 1. The Balaban J connectivity index is 2.16. The van der Waals surface area contributed by atoms with Gasteiger partial charge < -0.3 is 5.32 Å². The third kappa shape index (κ3) is 3.80. The topological polar surface area (TPSA) is 108 Å². The molecule has 2 rings (SSSR count). The van der Waals surface area contributed by atoms with Crippen molar-refractivity contribution in [3.8, 4) is 0 Å². The van der Waals surface area contributed by atoms with Gasteiger partial charge in [-0.1, -0.05) is 27.7 Å². The zero-order valence-electron chi connectivity index (χ0n) is 12.9. The molecule has 1 saturated carbocycles. The molecule has 0 radical (unpaired) electrons. The van der Waals surface area contributed by atoms with Crippen LogP contribution in [0, 0.1) is 10.8 Å². The summed E-state index contributed by atoms with van der Waals surface area (Å²) in [7, 11) is 0. The Morgan fingerprint density at radius 3 is 2.29 bits per heavy atom. The highest BCUT2D eigenvalue weighted by Crippen LogP contribution is 2.45. The number of hydrogen-bond acceptors (Lipinski definition) is 4. The second kappa shape index (κ2) is 5.13. The summed E-state index contributed by atoms with van der Waals surface area (Å²) < 4.78 is 0. The summed E-state index contributed by atoms with van der Waals surface area (Å²) in [4.78, 5) is 36.6. The van der Waals surface area contributed by atoms with Crippen molar-refractivity contribution >= 4 is 5.91 Å². The summed E-state index contributed by atoms with van der Waals surface area (Å²) in [6.07, 6.45) is 2.79. The fraction of sp³-hybridized carbons (Fsp3) is 0.714. The van der Waals surface area contributed by atoms with Gasteiger partial charge in [-0.3, -0.25) is 14.6 Å². The number of carbonyl (C=O) groups is 1. The molecule has 1 aliphatic carbocycles. The number of nitrogens with zero attached hydrogens (tertiary/aromatic N) is 1. The van der Waals surface area contributed by atoms with Crippen LogP contribution < -0.4 is 16.6 Å². The van der Waals surface area contributed by atoms with Gasteiger partial charge in [-0.2, -0.15) is 5.10 Å². The zero-order chi connectivity index (χ0) is 15.8. The number of hydrogen-bond donors (Lipinski definition) is 3. The highest BCUT2D eigenvalue weighted by atomic mass is 16.2. The smallest absolute Gasteiger partial charge is 0.342 e. The van der Waals surface area contributed by atoms with Crippen LogP contribution in [0.25, 0.3) is 0 Å². The van der Waals surface area contributed by atoms with Crippen molar-refractivity contribution in [3.05, 3.63) is 26.5 Å². The first-order valence-corrected chi connectivity index (χ1v) is 7.08. The summed E-state index contributed by atoms with van der Waals surface area (Å²) in [5.74, 6) is -0.550. The highest BCUT2D eigenvalue weighted by molar-refractivity contribution is 5.91. The van der Waals surface area contributed by atoms with Gasteiger partial charge in [0.15, 0.2) is 0 Å². The van der Waals surface area contributed by atoms with Crippen LogP contribution in [-0.4, -0.2) is 27.1 Å². The van der Waals surface area contributed by atoms with Gasteiger partial charge in [0.1, 0.15) is 0 Å². The molecule has 0 atom stereocenters. The fourth-order valence-electron chi connectivity index (χ4n) is 3.70. The summed E-state index contributed by atoms with van der Waals surface area (Å²) in [6, 6.07) is -0.00984. The Kier molecular flexibility index (Phi) is 3.78. The SMILES string of the molecule is CC1(C)CC(NC(=O)c2n[nH]c(=O)[nH]c2=O)CC(C)(C)C1. The highest BCUT2D eigenvalue weighted by Gasteiger charge is 2.39. The van der Waals surface area contributed by atoms with Crippen molar-refractivity contribution in [1.82, 2.24) is 20.5 Å². The Morgan fingerprint density at radius 2 is 1.76 bits per heavy atom. The molecule has 0 saturated heterocycles. The third-order valence-electron chi connectivity index (χ3n) is 3.82. The van der Waals surface area contributed by atoms with Gasteiger partial charge in [0.05, 0.1) is 0 Å². The van der Waals surface area contributed by atoms with Gasteiger partial charge in [0.2, 0.25) is 5.69 Å². The molecule has 1 aliphatic rings. The molecule has 21 heavy (non-hydrogen) atoms. The molecule has 0 bridgehead atoms. The Morgan fingerprint density at radius 1 is 1.19 bits per heavy atom. The van der Waals surface area contributed by atoms with Crippen LogP contribution in [0.5, 0.6) is 0 Å². The molecular weight excluding hydrogens is 272 g/mol. The summed E-state index contributed by atoms with van der Waals surface area (Å²) in [5.41, 5.74) is -1.55.